The average molecular weight is 400 g/mol. The number of rotatable bonds is 8. The zero-order valence-electron chi connectivity index (χ0n) is 16.3. The van der Waals surface area contributed by atoms with E-state index >= 15 is 0 Å². The van der Waals surface area contributed by atoms with Gasteiger partial charge in [-0.15, -0.1) is 0 Å². The topological polar surface area (TPSA) is 61.4 Å². The molecule has 2 amide bonds. The Morgan fingerprint density at radius 1 is 1.04 bits per heavy atom. The van der Waals surface area contributed by atoms with Crippen molar-refractivity contribution < 1.29 is 9.59 Å². The van der Waals surface area contributed by atoms with Gasteiger partial charge in [-0.2, -0.15) is 0 Å². The molecular formula is C22H26ClN3O2. The second-order valence-electron chi connectivity index (χ2n) is 7.33. The number of carbonyl (C=O) groups excluding carboxylic acids is 2. The number of amides is 2. The van der Waals surface area contributed by atoms with E-state index in [0.717, 1.165) is 29.7 Å². The van der Waals surface area contributed by atoms with E-state index in [-0.39, 0.29) is 11.8 Å². The van der Waals surface area contributed by atoms with Gasteiger partial charge in [0.1, 0.15) is 0 Å². The van der Waals surface area contributed by atoms with Crippen molar-refractivity contribution in [3.8, 4) is 0 Å². The normalized spacial score (nSPS) is 13.4. The summed E-state index contributed by atoms with van der Waals surface area (Å²) in [6.07, 6.45) is 2.48. The van der Waals surface area contributed by atoms with Crippen LogP contribution in [0.25, 0.3) is 0 Å². The predicted molar refractivity (Wildman–Crippen MR) is 114 cm³/mol. The maximum absolute atomic E-state index is 12.6. The molecule has 1 aliphatic carbocycles. The first-order valence-electron chi connectivity index (χ1n) is 9.58. The van der Waals surface area contributed by atoms with E-state index in [9.17, 15) is 9.59 Å². The van der Waals surface area contributed by atoms with Gasteiger partial charge < -0.3 is 10.6 Å². The molecule has 0 bridgehead atoms. The molecule has 0 aliphatic heterocycles. The second-order valence-corrected chi connectivity index (χ2v) is 7.76. The van der Waals surface area contributed by atoms with E-state index in [2.05, 4.69) is 15.5 Å². The molecule has 3 rings (SSSR count). The number of anilines is 2. The van der Waals surface area contributed by atoms with Crippen LogP contribution in [0.5, 0.6) is 0 Å². The van der Waals surface area contributed by atoms with Crippen LogP contribution < -0.4 is 10.6 Å². The van der Waals surface area contributed by atoms with Gasteiger partial charge in [0, 0.05) is 35.4 Å². The van der Waals surface area contributed by atoms with Gasteiger partial charge in [-0.05, 0) is 56.0 Å². The first kappa shape index (κ1) is 20.4. The highest BCUT2D eigenvalue weighted by molar-refractivity contribution is 6.30. The van der Waals surface area contributed by atoms with Gasteiger partial charge in [0.25, 0.3) is 0 Å². The van der Waals surface area contributed by atoms with Gasteiger partial charge >= 0.3 is 0 Å². The Labute approximate surface area is 171 Å². The zero-order valence-corrected chi connectivity index (χ0v) is 17.1. The number of aryl methyl sites for hydroxylation is 2. The molecule has 148 valence electrons. The molecule has 0 spiro atoms. The van der Waals surface area contributed by atoms with Crippen LogP contribution in [0.3, 0.4) is 0 Å². The lowest BCUT2D eigenvalue weighted by Gasteiger charge is -2.22. The van der Waals surface area contributed by atoms with Crippen LogP contribution in [-0.2, 0) is 9.59 Å². The Bertz CT molecular complexity index is 844. The highest BCUT2D eigenvalue weighted by Gasteiger charge is 2.30. The molecule has 0 saturated heterocycles. The Hall–Kier alpha value is -2.37. The van der Waals surface area contributed by atoms with E-state index < -0.39 is 0 Å². The van der Waals surface area contributed by atoms with Gasteiger partial charge in [0.05, 0.1) is 6.54 Å². The summed E-state index contributed by atoms with van der Waals surface area (Å²) in [6.45, 7) is 4.82. The smallest absolute Gasteiger partial charge is 0.238 e. The summed E-state index contributed by atoms with van der Waals surface area (Å²) in [5.41, 5.74) is 3.66. The lowest BCUT2D eigenvalue weighted by atomic mass is 10.1. The molecule has 0 atom stereocenters. The van der Waals surface area contributed by atoms with Gasteiger partial charge in [-0.25, -0.2) is 0 Å². The summed E-state index contributed by atoms with van der Waals surface area (Å²) in [4.78, 5) is 26.9. The molecule has 5 nitrogen and oxygen atoms in total. The molecule has 1 fully saturated rings. The molecule has 1 aliphatic rings. The van der Waals surface area contributed by atoms with E-state index in [1.165, 1.54) is 0 Å². The van der Waals surface area contributed by atoms with E-state index in [4.69, 9.17) is 11.6 Å². The second kappa shape index (κ2) is 9.22. The lowest BCUT2D eigenvalue weighted by molar-refractivity contribution is -0.119. The highest BCUT2D eigenvalue weighted by atomic mass is 35.5. The summed E-state index contributed by atoms with van der Waals surface area (Å²) in [5.74, 6) is -0.123. The first-order valence-corrected chi connectivity index (χ1v) is 9.95. The van der Waals surface area contributed by atoms with Crippen molar-refractivity contribution in [1.82, 2.24) is 4.90 Å². The average Bonchev–Trinajstić information content (AvgIpc) is 3.47. The molecule has 0 unspecified atom stereocenters. The Kier molecular flexibility index (Phi) is 6.70. The Morgan fingerprint density at radius 3 is 2.36 bits per heavy atom. The Balaban J connectivity index is 1.52. The van der Waals surface area contributed by atoms with Crippen molar-refractivity contribution in [1.29, 1.82) is 0 Å². The third kappa shape index (κ3) is 5.81. The number of carbonyl (C=O) groups is 2. The summed E-state index contributed by atoms with van der Waals surface area (Å²) in [7, 11) is 0. The van der Waals surface area contributed by atoms with Crippen molar-refractivity contribution in [3.63, 3.8) is 0 Å². The molecular weight excluding hydrogens is 374 g/mol. The van der Waals surface area contributed by atoms with Gasteiger partial charge in [0.15, 0.2) is 0 Å². The third-order valence-corrected chi connectivity index (χ3v) is 5.13. The van der Waals surface area contributed by atoms with Crippen LogP contribution >= 0.6 is 11.6 Å². The quantitative estimate of drug-likeness (QED) is 0.692. The van der Waals surface area contributed by atoms with Gasteiger partial charge in [-0.1, -0.05) is 35.9 Å². The largest absolute Gasteiger partial charge is 0.326 e. The minimum Gasteiger partial charge on any atom is -0.326 e. The van der Waals surface area contributed by atoms with Crippen molar-refractivity contribution >= 4 is 34.8 Å². The van der Waals surface area contributed by atoms with Crippen LogP contribution in [-0.4, -0.2) is 35.8 Å². The molecule has 2 aromatic carbocycles. The Morgan fingerprint density at radius 2 is 1.71 bits per heavy atom. The molecule has 0 radical (unpaired) electrons. The number of nitrogens with one attached hydrogen (secondary N) is 2. The molecule has 0 aromatic heterocycles. The zero-order chi connectivity index (χ0) is 20.1. The number of hydrogen-bond acceptors (Lipinski definition) is 3. The van der Waals surface area contributed by atoms with Crippen molar-refractivity contribution in [2.24, 2.45) is 0 Å². The van der Waals surface area contributed by atoms with E-state index in [1.807, 2.05) is 32.0 Å². The lowest BCUT2D eigenvalue weighted by Crippen LogP contribution is -2.37. The maximum atomic E-state index is 12.6. The molecule has 1 saturated carbocycles. The summed E-state index contributed by atoms with van der Waals surface area (Å²) >= 11 is 5.95. The molecule has 2 aromatic rings. The summed E-state index contributed by atoms with van der Waals surface area (Å²) in [5, 5.41) is 6.47. The molecule has 6 heteroatoms. The van der Waals surface area contributed by atoms with E-state index in [1.54, 1.807) is 24.3 Å². The van der Waals surface area contributed by atoms with Crippen molar-refractivity contribution in [3.05, 3.63) is 58.6 Å². The fourth-order valence-corrected chi connectivity index (χ4v) is 3.43. The minimum atomic E-state index is -0.0805. The maximum Gasteiger partial charge on any atom is 0.238 e. The first-order chi connectivity index (χ1) is 13.4. The SMILES string of the molecule is Cc1cccc(C)c1NC(=O)CN(CCC(=O)Nc1cccc(Cl)c1)C1CC1. The number of halogens is 1. The monoisotopic (exact) mass is 399 g/mol. The van der Waals surface area contributed by atoms with Crippen LogP contribution in [0.2, 0.25) is 5.02 Å². The van der Waals surface area contributed by atoms with Crippen LogP contribution in [0.4, 0.5) is 11.4 Å². The fourth-order valence-electron chi connectivity index (χ4n) is 3.24. The number of nitrogens with zero attached hydrogens (tertiary/aromatic N) is 1. The standard InChI is InChI=1S/C22H26ClN3O2/c1-15-5-3-6-16(2)22(15)25-21(28)14-26(19-9-10-19)12-11-20(27)24-18-8-4-7-17(23)13-18/h3-8,13,19H,9-12,14H2,1-2H3,(H,24,27)(H,25,28). The number of hydrogen-bond donors (Lipinski definition) is 2. The summed E-state index contributed by atoms with van der Waals surface area (Å²) in [6, 6.07) is 13.4. The summed E-state index contributed by atoms with van der Waals surface area (Å²) < 4.78 is 0. The van der Waals surface area contributed by atoms with Gasteiger partial charge in [0.2, 0.25) is 11.8 Å². The number of benzene rings is 2. The van der Waals surface area contributed by atoms with Crippen LogP contribution in [0.1, 0.15) is 30.4 Å². The van der Waals surface area contributed by atoms with E-state index in [0.29, 0.717) is 36.3 Å². The fraction of sp³-hybridized carbons (Fsp3) is 0.364. The molecule has 0 heterocycles. The van der Waals surface area contributed by atoms with Crippen molar-refractivity contribution in [2.45, 2.75) is 39.2 Å². The predicted octanol–water partition coefficient (Wildman–Crippen LogP) is 4.39. The van der Waals surface area contributed by atoms with Crippen LogP contribution in [0.15, 0.2) is 42.5 Å². The minimum absolute atomic E-state index is 0.0421. The molecule has 28 heavy (non-hydrogen) atoms. The highest BCUT2D eigenvalue weighted by Crippen LogP contribution is 2.27. The van der Waals surface area contributed by atoms with Crippen molar-refractivity contribution in [2.75, 3.05) is 23.7 Å². The third-order valence-electron chi connectivity index (χ3n) is 4.89. The molecule has 2 N–H and O–H groups in total. The van der Waals surface area contributed by atoms with Gasteiger partial charge in [-0.3, -0.25) is 14.5 Å². The van der Waals surface area contributed by atoms with Crippen LogP contribution in [0, 0.1) is 13.8 Å². The number of para-hydroxylation sites is 1.